The molecule has 0 amide bonds. The number of unbranched alkanes of at least 4 members (excludes halogenated alkanes) is 1. The van der Waals surface area contributed by atoms with E-state index in [2.05, 4.69) is 6.58 Å². The number of allylic oxidation sites excluding steroid dienone is 1. The van der Waals surface area contributed by atoms with Crippen molar-refractivity contribution in [3.8, 4) is 0 Å². The summed E-state index contributed by atoms with van der Waals surface area (Å²) in [5, 5.41) is 0. The zero-order valence-electron chi connectivity index (χ0n) is 7.67. The lowest BCUT2D eigenvalue weighted by atomic mass is 9.95. The highest BCUT2D eigenvalue weighted by atomic mass is 16.5. The van der Waals surface area contributed by atoms with Crippen LogP contribution in [0.3, 0.4) is 0 Å². The SMILES string of the molecule is C=CCCCC(N)C1CCOC1. The fourth-order valence-electron chi connectivity index (χ4n) is 1.62. The summed E-state index contributed by atoms with van der Waals surface area (Å²) in [7, 11) is 0. The quantitative estimate of drug-likeness (QED) is 0.502. The first kappa shape index (κ1) is 9.75. The van der Waals surface area contributed by atoms with Gasteiger partial charge in [-0.25, -0.2) is 0 Å². The molecule has 2 heteroatoms. The predicted molar refractivity (Wildman–Crippen MR) is 50.9 cm³/mol. The Morgan fingerprint density at radius 3 is 3.08 bits per heavy atom. The van der Waals surface area contributed by atoms with Crippen molar-refractivity contribution in [1.82, 2.24) is 0 Å². The van der Waals surface area contributed by atoms with Crippen molar-refractivity contribution in [2.45, 2.75) is 31.7 Å². The first-order valence-corrected chi connectivity index (χ1v) is 4.79. The highest BCUT2D eigenvalue weighted by molar-refractivity contribution is 4.77. The van der Waals surface area contributed by atoms with Crippen LogP contribution in [0.1, 0.15) is 25.7 Å². The molecule has 0 saturated carbocycles. The van der Waals surface area contributed by atoms with E-state index in [0.29, 0.717) is 12.0 Å². The van der Waals surface area contributed by atoms with E-state index in [9.17, 15) is 0 Å². The molecule has 0 aromatic carbocycles. The molecular formula is C10H19NO. The maximum Gasteiger partial charge on any atom is 0.0509 e. The van der Waals surface area contributed by atoms with Crippen molar-refractivity contribution in [2.75, 3.05) is 13.2 Å². The van der Waals surface area contributed by atoms with Crippen LogP contribution in [0.4, 0.5) is 0 Å². The van der Waals surface area contributed by atoms with E-state index in [1.54, 1.807) is 0 Å². The van der Waals surface area contributed by atoms with Crippen LogP contribution >= 0.6 is 0 Å². The molecule has 1 aliphatic rings. The molecule has 0 aromatic rings. The molecule has 1 heterocycles. The number of ether oxygens (including phenoxy) is 1. The first-order chi connectivity index (χ1) is 5.84. The van der Waals surface area contributed by atoms with Crippen molar-refractivity contribution in [3.05, 3.63) is 12.7 Å². The Hall–Kier alpha value is -0.340. The summed E-state index contributed by atoms with van der Waals surface area (Å²) in [5.41, 5.74) is 6.01. The predicted octanol–water partition coefficient (Wildman–Crippen LogP) is 1.71. The molecule has 70 valence electrons. The third-order valence-electron chi connectivity index (χ3n) is 2.52. The van der Waals surface area contributed by atoms with Crippen LogP contribution in [-0.4, -0.2) is 19.3 Å². The monoisotopic (exact) mass is 169 g/mol. The maximum absolute atomic E-state index is 6.01. The van der Waals surface area contributed by atoms with Gasteiger partial charge >= 0.3 is 0 Å². The molecule has 1 saturated heterocycles. The Morgan fingerprint density at radius 2 is 2.50 bits per heavy atom. The van der Waals surface area contributed by atoms with Gasteiger partial charge in [-0.15, -0.1) is 6.58 Å². The molecule has 1 aliphatic heterocycles. The Kier molecular flexibility index (Phi) is 4.33. The van der Waals surface area contributed by atoms with Crippen LogP contribution in [-0.2, 0) is 4.74 Å². The Morgan fingerprint density at radius 1 is 1.67 bits per heavy atom. The smallest absolute Gasteiger partial charge is 0.0509 e. The number of hydrogen-bond donors (Lipinski definition) is 1. The highest BCUT2D eigenvalue weighted by Crippen LogP contribution is 2.18. The molecule has 0 spiro atoms. The van der Waals surface area contributed by atoms with E-state index in [1.807, 2.05) is 6.08 Å². The van der Waals surface area contributed by atoms with Gasteiger partial charge in [-0.05, 0) is 31.6 Å². The summed E-state index contributed by atoms with van der Waals surface area (Å²) in [6.45, 7) is 5.46. The molecule has 2 unspecified atom stereocenters. The molecule has 1 rings (SSSR count). The number of hydrogen-bond acceptors (Lipinski definition) is 2. The highest BCUT2D eigenvalue weighted by Gasteiger charge is 2.21. The number of rotatable bonds is 5. The molecule has 1 fully saturated rings. The fourth-order valence-corrected chi connectivity index (χ4v) is 1.62. The number of nitrogens with two attached hydrogens (primary N) is 1. The minimum atomic E-state index is 0.340. The molecule has 2 atom stereocenters. The molecule has 12 heavy (non-hydrogen) atoms. The maximum atomic E-state index is 6.01. The second-order valence-electron chi connectivity index (χ2n) is 3.51. The zero-order valence-corrected chi connectivity index (χ0v) is 7.67. The van der Waals surface area contributed by atoms with Gasteiger partial charge in [-0.3, -0.25) is 0 Å². The largest absolute Gasteiger partial charge is 0.381 e. The third kappa shape index (κ3) is 2.95. The van der Waals surface area contributed by atoms with Crippen molar-refractivity contribution in [2.24, 2.45) is 11.7 Å². The van der Waals surface area contributed by atoms with Crippen LogP contribution in [0.5, 0.6) is 0 Å². The van der Waals surface area contributed by atoms with E-state index in [1.165, 1.54) is 6.42 Å². The van der Waals surface area contributed by atoms with Crippen LogP contribution in [0.25, 0.3) is 0 Å². The topological polar surface area (TPSA) is 35.2 Å². The van der Waals surface area contributed by atoms with Crippen molar-refractivity contribution in [3.63, 3.8) is 0 Å². The zero-order chi connectivity index (χ0) is 8.81. The van der Waals surface area contributed by atoms with Gasteiger partial charge in [0.25, 0.3) is 0 Å². The molecule has 0 radical (unpaired) electrons. The van der Waals surface area contributed by atoms with E-state index in [0.717, 1.165) is 32.5 Å². The van der Waals surface area contributed by atoms with Crippen LogP contribution in [0.15, 0.2) is 12.7 Å². The Labute approximate surface area is 74.8 Å². The summed E-state index contributed by atoms with van der Waals surface area (Å²) in [6.07, 6.45) is 6.47. The lowest BCUT2D eigenvalue weighted by molar-refractivity contribution is 0.179. The van der Waals surface area contributed by atoms with Crippen molar-refractivity contribution < 1.29 is 4.74 Å². The average molecular weight is 169 g/mol. The van der Waals surface area contributed by atoms with E-state index in [-0.39, 0.29) is 0 Å². The Balaban J connectivity index is 2.09. The van der Waals surface area contributed by atoms with Crippen molar-refractivity contribution >= 4 is 0 Å². The van der Waals surface area contributed by atoms with Gasteiger partial charge < -0.3 is 10.5 Å². The van der Waals surface area contributed by atoms with E-state index >= 15 is 0 Å². The van der Waals surface area contributed by atoms with E-state index < -0.39 is 0 Å². The van der Waals surface area contributed by atoms with Gasteiger partial charge in [0, 0.05) is 12.6 Å². The van der Waals surface area contributed by atoms with E-state index in [4.69, 9.17) is 10.5 Å². The summed E-state index contributed by atoms with van der Waals surface area (Å²) >= 11 is 0. The minimum Gasteiger partial charge on any atom is -0.381 e. The summed E-state index contributed by atoms with van der Waals surface area (Å²) in [4.78, 5) is 0. The summed E-state index contributed by atoms with van der Waals surface area (Å²) in [6, 6.07) is 0.340. The van der Waals surface area contributed by atoms with Gasteiger partial charge in [0.05, 0.1) is 6.61 Å². The van der Waals surface area contributed by atoms with Crippen molar-refractivity contribution in [1.29, 1.82) is 0 Å². The minimum absolute atomic E-state index is 0.340. The van der Waals surface area contributed by atoms with Crippen LogP contribution in [0, 0.1) is 5.92 Å². The van der Waals surface area contributed by atoms with Crippen LogP contribution in [0.2, 0.25) is 0 Å². The molecule has 0 aromatic heterocycles. The lowest BCUT2D eigenvalue weighted by Gasteiger charge is -2.16. The molecule has 0 aliphatic carbocycles. The first-order valence-electron chi connectivity index (χ1n) is 4.79. The van der Waals surface area contributed by atoms with Gasteiger partial charge in [0.15, 0.2) is 0 Å². The third-order valence-corrected chi connectivity index (χ3v) is 2.52. The molecule has 2 N–H and O–H groups in total. The summed E-state index contributed by atoms with van der Waals surface area (Å²) in [5.74, 6) is 0.606. The second-order valence-corrected chi connectivity index (χ2v) is 3.51. The average Bonchev–Trinajstić information content (AvgIpc) is 2.56. The van der Waals surface area contributed by atoms with Gasteiger partial charge in [-0.2, -0.15) is 0 Å². The summed E-state index contributed by atoms with van der Waals surface area (Å²) < 4.78 is 5.28. The standard InChI is InChI=1S/C10H19NO/c1-2-3-4-5-10(11)9-6-7-12-8-9/h2,9-10H,1,3-8,11H2. The second kappa shape index (κ2) is 5.33. The van der Waals surface area contributed by atoms with Gasteiger partial charge in [-0.1, -0.05) is 6.08 Å². The van der Waals surface area contributed by atoms with Gasteiger partial charge in [0.2, 0.25) is 0 Å². The lowest BCUT2D eigenvalue weighted by Crippen LogP contribution is -2.30. The fraction of sp³-hybridized carbons (Fsp3) is 0.800. The molecule has 0 bridgehead atoms. The normalized spacial score (nSPS) is 25.6. The van der Waals surface area contributed by atoms with Gasteiger partial charge in [0.1, 0.15) is 0 Å². The Bertz CT molecular complexity index is 130. The molecule has 2 nitrogen and oxygen atoms in total. The van der Waals surface area contributed by atoms with Crippen LogP contribution < -0.4 is 5.73 Å². The molecular weight excluding hydrogens is 150 g/mol.